The summed E-state index contributed by atoms with van der Waals surface area (Å²) in [5.74, 6) is -0.358. The maximum Gasteiger partial charge on any atom is 0.271 e. The van der Waals surface area contributed by atoms with E-state index in [1.54, 1.807) is 7.05 Å². The molecule has 128 valence electrons. The predicted molar refractivity (Wildman–Crippen MR) is 98.8 cm³/mol. The zero-order chi connectivity index (χ0) is 17.8. The molecule has 5 nitrogen and oxygen atoms in total. The highest BCUT2D eigenvalue weighted by molar-refractivity contribution is 6.43. The molecule has 1 heterocycles. The molecule has 2 aromatic rings. The highest BCUT2D eigenvalue weighted by Gasteiger charge is 2.21. The number of carbonyl (C=O) groups is 2. The molecule has 0 atom stereocenters. The number of rotatable bonds is 4. The number of halogens is 1. The third-order valence-electron chi connectivity index (χ3n) is 3.98. The standard InChI is InChI=1S/C19H18ClN3O2/c1-23-18(24)10-9-17(22-23)19(25)21-16-7-5-13(6-8-16)11-14-3-2-4-15(20)12-14/h2-8,12H,9-11H2,1H3,(H,21,25). The van der Waals surface area contributed by atoms with Gasteiger partial charge in [-0.1, -0.05) is 35.9 Å². The molecule has 1 aliphatic rings. The number of hydrazone groups is 1. The molecule has 1 aliphatic heterocycles. The molecule has 0 unspecified atom stereocenters. The molecule has 0 saturated carbocycles. The number of benzene rings is 2. The Kier molecular flexibility index (Phi) is 5.14. The summed E-state index contributed by atoms with van der Waals surface area (Å²) in [6.07, 6.45) is 1.44. The van der Waals surface area contributed by atoms with E-state index in [-0.39, 0.29) is 11.8 Å². The Morgan fingerprint density at radius 3 is 2.60 bits per heavy atom. The SMILES string of the molecule is CN1N=C(C(=O)Nc2ccc(Cc3cccc(Cl)c3)cc2)CCC1=O. The third-order valence-corrected chi connectivity index (χ3v) is 4.21. The second-order valence-electron chi connectivity index (χ2n) is 5.92. The van der Waals surface area contributed by atoms with Gasteiger partial charge in [0.15, 0.2) is 0 Å². The van der Waals surface area contributed by atoms with Crippen LogP contribution in [-0.2, 0) is 16.0 Å². The van der Waals surface area contributed by atoms with Gasteiger partial charge in [-0.25, -0.2) is 5.01 Å². The number of amides is 2. The fraction of sp³-hybridized carbons (Fsp3) is 0.211. The monoisotopic (exact) mass is 355 g/mol. The number of hydrogen-bond donors (Lipinski definition) is 1. The first-order chi connectivity index (χ1) is 12.0. The maximum absolute atomic E-state index is 12.2. The van der Waals surface area contributed by atoms with Crippen LogP contribution in [0.2, 0.25) is 5.02 Å². The van der Waals surface area contributed by atoms with Crippen molar-refractivity contribution in [3.63, 3.8) is 0 Å². The second kappa shape index (κ2) is 7.49. The second-order valence-corrected chi connectivity index (χ2v) is 6.36. The first-order valence-corrected chi connectivity index (χ1v) is 8.38. The third kappa shape index (κ3) is 4.45. The first-order valence-electron chi connectivity index (χ1n) is 8.00. The lowest BCUT2D eigenvalue weighted by Gasteiger charge is -2.18. The van der Waals surface area contributed by atoms with E-state index in [9.17, 15) is 9.59 Å². The lowest BCUT2D eigenvalue weighted by Crippen LogP contribution is -2.34. The molecule has 2 aromatic carbocycles. The first kappa shape index (κ1) is 17.2. The van der Waals surface area contributed by atoms with Crippen molar-refractivity contribution < 1.29 is 9.59 Å². The van der Waals surface area contributed by atoms with Gasteiger partial charge in [0.2, 0.25) is 5.91 Å². The summed E-state index contributed by atoms with van der Waals surface area (Å²) in [7, 11) is 1.55. The summed E-state index contributed by atoms with van der Waals surface area (Å²) >= 11 is 6.00. The minimum atomic E-state index is -0.276. The largest absolute Gasteiger partial charge is 0.321 e. The molecule has 6 heteroatoms. The van der Waals surface area contributed by atoms with Crippen molar-refractivity contribution in [2.75, 3.05) is 12.4 Å². The maximum atomic E-state index is 12.2. The normalized spacial score (nSPS) is 14.2. The minimum absolute atomic E-state index is 0.0816. The van der Waals surface area contributed by atoms with Gasteiger partial charge in [0.25, 0.3) is 5.91 Å². The molecule has 0 saturated heterocycles. The molecule has 3 rings (SSSR count). The van der Waals surface area contributed by atoms with Crippen molar-refractivity contribution in [2.45, 2.75) is 19.3 Å². The smallest absolute Gasteiger partial charge is 0.271 e. The van der Waals surface area contributed by atoms with Crippen LogP contribution in [0, 0.1) is 0 Å². The Labute approximate surface area is 151 Å². The molecule has 0 fully saturated rings. The molecule has 0 radical (unpaired) electrons. The van der Waals surface area contributed by atoms with Gasteiger partial charge in [-0.05, 0) is 41.8 Å². The van der Waals surface area contributed by atoms with Crippen molar-refractivity contribution in [1.29, 1.82) is 0 Å². The Balaban J connectivity index is 1.63. The lowest BCUT2D eigenvalue weighted by atomic mass is 10.0. The van der Waals surface area contributed by atoms with Gasteiger partial charge in [-0.3, -0.25) is 9.59 Å². The zero-order valence-electron chi connectivity index (χ0n) is 13.8. The van der Waals surface area contributed by atoms with Crippen LogP contribution in [0.4, 0.5) is 5.69 Å². The molecule has 0 aromatic heterocycles. The van der Waals surface area contributed by atoms with E-state index in [1.165, 1.54) is 5.01 Å². The van der Waals surface area contributed by atoms with Crippen LogP contribution in [0.5, 0.6) is 0 Å². The summed E-state index contributed by atoms with van der Waals surface area (Å²) in [4.78, 5) is 23.6. The van der Waals surface area contributed by atoms with Crippen molar-refractivity contribution in [2.24, 2.45) is 5.10 Å². The molecular formula is C19H18ClN3O2. The number of nitrogens with one attached hydrogen (secondary N) is 1. The van der Waals surface area contributed by atoms with E-state index in [4.69, 9.17) is 11.6 Å². The summed E-state index contributed by atoms with van der Waals surface area (Å²) < 4.78 is 0. The predicted octanol–water partition coefficient (Wildman–Crippen LogP) is 3.48. The Morgan fingerprint density at radius 2 is 1.92 bits per heavy atom. The van der Waals surface area contributed by atoms with Crippen LogP contribution >= 0.6 is 11.6 Å². The molecule has 1 N–H and O–H groups in total. The van der Waals surface area contributed by atoms with Gasteiger partial charge in [0.1, 0.15) is 5.71 Å². The average molecular weight is 356 g/mol. The molecule has 25 heavy (non-hydrogen) atoms. The van der Waals surface area contributed by atoms with Gasteiger partial charge in [-0.15, -0.1) is 0 Å². The van der Waals surface area contributed by atoms with Gasteiger partial charge in [-0.2, -0.15) is 5.10 Å². The quantitative estimate of drug-likeness (QED) is 0.912. The van der Waals surface area contributed by atoms with E-state index < -0.39 is 0 Å². The van der Waals surface area contributed by atoms with Crippen LogP contribution in [0.25, 0.3) is 0 Å². The van der Waals surface area contributed by atoms with Crippen molar-refractivity contribution in [1.82, 2.24) is 5.01 Å². The average Bonchev–Trinajstić information content (AvgIpc) is 2.59. The van der Waals surface area contributed by atoms with Gasteiger partial charge >= 0.3 is 0 Å². The van der Waals surface area contributed by atoms with Crippen molar-refractivity contribution in [3.05, 3.63) is 64.7 Å². The van der Waals surface area contributed by atoms with E-state index in [1.807, 2.05) is 48.5 Å². The summed E-state index contributed by atoms with van der Waals surface area (Å²) in [5, 5.41) is 8.77. The fourth-order valence-electron chi connectivity index (χ4n) is 2.62. The van der Waals surface area contributed by atoms with Crippen LogP contribution < -0.4 is 5.32 Å². The highest BCUT2D eigenvalue weighted by Crippen LogP contribution is 2.17. The van der Waals surface area contributed by atoms with Crippen molar-refractivity contribution >= 4 is 34.8 Å². The van der Waals surface area contributed by atoms with Crippen LogP contribution in [0.15, 0.2) is 53.6 Å². The van der Waals surface area contributed by atoms with Gasteiger partial charge in [0.05, 0.1) is 0 Å². The van der Waals surface area contributed by atoms with Gasteiger partial charge < -0.3 is 5.32 Å². The molecular weight excluding hydrogens is 338 g/mol. The van der Waals surface area contributed by atoms with Crippen LogP contribution in [0.1, 0.15) is 24.0 Å². The topological polar surface area (TPSA) is 61.8 Å². The Morgan fingerprint density at radius 1 is 1.16 bits per heavy atom. The number of nitrogens with zero attached hydrogens (tertiary/aromatic N) is 2. The van der Waals surface area contributed by atoms with E-state index in [2.05, 4.69) is 10.4 Å². The number of carbonyl (C=O) groups excluding carboxylic acids is 2. The van der Waals surface area contributed by atoms with Gasteiger partial charge in [0, 0.05) is 30.6 Å². The molecule has 0 bridgehead atoms. The Hall–Kier alpha value is -2.66. The minimum Gasteiger partial charge on any atom is -0.321 e. The van der Waals surface area contributed by atoms with E-state index >= 15 is 0 Å². The van der Waals surface area contributed by atoms with Crippen LogP contribution in [-0.4, -0.2) is 29.6 Å². The van der Waals surface area contributed by atoms with E-state index in [0.717, 1.165) is 22.6 Å². The number of anilines is 1. The summed E-state index contributed by atoms with van der Waals surface area (Å²) in [6.45, 7) is 0. The van der Waals surface area contributed by atoms with Crippen LogP contribution in [0.3, 0.4) is 0 Å². The van der Waals surface area contributed by atoms with Crippen molar-refractivity contribution in [3.8, 4) is 0 Å². The molecule has 0 aliphatic carbocycles. The molecule has 0 spiro atoms. The zero-order valence-corrected chi connectivity index (χ0v) is 14.6. The number of hydrogen-bond acceptors (Lipinski definition) is 3. The lowest BCUT2D eigenvalue weighted by molar-refractivity contribution is -0.130. The summed E-state index contributed by atoms with van der Waals surface area (Å²) in [6, 6.07) is 15.4. The Bertz CT molecular complexity index is 831. The highest BCUT2D eigenvalue weighted by atomic mass is 35.5. The molecule has 2 amide bonds. The van der Waals surface area contributed by atoms with E-state index in [0.29, 0.717) is 24.2 Å². The summed E-state index contributed by atoms with van der Waals surface area (Å²) in [5.41, 5.74) is 3.32. The fourth-order valence-corrected chi connectivity index (χ4v) is 2.84.